The molecule has 0 radical (unpaired) electrons. The molecule has 3 saturated heterocycles. The van der Waals surface area contributed by atoms with Crippen LogP contribution in [0, 0.1) is 0 Å². The number of rotatable bonds is 53. The van der Waals surface area contributed by atoms with Gasteiger partial charge in [0, 0.05) is 6.42 Å². The summed E-state index contributed by atoms with van der Waals surface area (Å²) in [5.74, 6) is -0.245. The summed E-state index contributed by atoms with van der Waals surface area (Å²) in [6.07, 6.45) is 35.8. The van der Waals surface area contributed by atoms with E-state index in [0.717, 1.165) is 83.5 Å². The maximum Gasteiger partial charge on any atom is 0.220 e. The zero-order chi connectivity index (χ0) is 64.7. The second-order valence-electron chi connectivity index (χ2n) is 25.0. The van der Waals surface area contributed by atoms with Crippen LogP contribution in [0.5, 0.6) is 0 Å². The van der Waals surface area contributed by atoms with Crippen molar-refractivity contribution < 1.29 is 89.4 Å². The SMILES string of the molecule is CC/C=C\C/C=C\C/C=C\C/C=C\C/C=C\CCCCCCCCCCCCCCCC(=O)NC(COC1OC(CO)C(OC2OC(CO)C(OC3OC(CO)C(O)C(O)C3O)C(O)C2O)C(O)C1O)C(O)CCCCCCCCCCCCCCCCC. The van der Waals surface area contributed by atoms with Crippen molar-refractivity contribution >= 4 is 5.91 Å². The monoisotopic (exact) mass is 1270 g/mol. The third kappa shape index (κ3) is 33.9. The summed E-state index contributed by atoms with van der Waals surface area (Å²) in [5, 5.41) is 121. The molecule has 0 aromatic rings. The lowest BCUT2D eigenvalue weighted by molar-refractivity contribution is -0.379. The Morgan fingerprint density at radius 3 is 1.21 bits per heavy atom. The number of amides is 1. The van der Waals surface area contributed by atoms with Gasteiger partial charge in [-0.2, -0.15) is 0 Å². The number of allylic oxidation sites excluding steroid dienone is 10. The summed E-state index contributed by atoms with van der Waals surface area (Å²) in [4.78, 5) is 13.4. The molecule has 0 aromatic carbocycles. The summed E-state index contributed by atoms with van der Waals surface area (Å²) in [5.41, 5.74) is 0. The van der Waals surface area contributed by atoms with Gasteiger partial charge in [-0.15, -0.1) is 0 Å². The summed E-state index contributed by atoms with van der Waals surface area (Å²) < 4.78 is 34.4. The first-order valence-electron chi connectivity index (χ1n) is 35.0. The number of nitrogens with one attached hydrogen (secondary N) is 1. The van der Waals surface area contributed by atoms with Gasteiger partial charge in [0.2, 0.25) is 5.91 Å². The molecule has 0 aliphatic carbocycles. The van der Waals surface area contributed by atoms with E-state index in [9.17, 15) is 61.0 Å². The van der Waals surface area contributed by atoms with Crippen molar-refractivity contribution in [3.05, 3.63) is 60.8 Å². The number of ether oxygens (including phenoxy) is 6. The molecule has 3 fully saturated rings. The van der Waals surface area contributed by atoms with E-state index in [0.29, 0.717) is 12.8 Å². The van der Waals surface area contributed by atoms with E-state index in [2.05, 4.69) is 79.9 Å². The first kappa shape index (κ1) is 80.7. The second-order valence-corrected chi connectivity index (χ2v) is 25.0. The van der Waals surface area contributed by atoms with Crippen molar-refractivity contribution in [2.24, 2.45) is 0 Å². The minimum atomic E-state index is -1.97. The van der Waals surface area contributed by atoms with E-state index < -0.39 is 124 Å². The van der Waals surface area contributed by atoms with Gasteiger partial charge in [-0.25, -0.2) is 0 Å². The van der Waals surface area contributed by atoms with Gasteiger partial charge in [0.25, 0.3) is 0 Å². The molecule has 19 heteroatoms. The number of aliphatic hydroxyl groups excluding tert-OH is 11. The number of carbonyl (C=O) groups is 1. The fraction of sp³-hybridized carbons (Fsp3) is 0.843. The highest BCUT2D eigenvalue weighted by Gasteiger charge is 2.53. The second kappa shape index (κ2) is 51.8. The van der Waals surface area contributed by atoms with E-state index in [1.54, 1.807) is 0 Å². The molecule has 3 rings (SSSR count). The molecule has 3 aliphatic rings. The number of hydrogen-bond acceptors (Lipinski definition) is 18. The lowest BCUT2D eigenvalue weighted by Gasteiger charge is -2.48. The molecule has 0 saturated carbocycles. The van der Waals surface area contributed by atoms with Gasteiger partial charge < -0.3 is 89.9 Å². The van der Waals surface area contributed by atoms with E-state index in [1.807, 2.05) is 0 Å². The maximum atomic E-state index is 13.4. The molecule has 1 amide bonds. The summed E-state index contributed by atoms with van der Waals surface area (Å²) in [6.45, 7) is 1.69. The highest BCUT2D eigenvalue weighted by Crippen LogP contribution is 2.33. The summed E-state index contributed by atoms with van der Waals surface area (Å²) in [7, 11) is 0. The molecule has 17 unspecified atom stereocenters. The molecule has 89 heavy (non-hydrogen) atoms. The Labute approximate surface area is 535 Å². The zero-order valence-corrected chi connectivity index (χ0v) is 54.6. The molecule has 0 aromatic heterocycles. The van der Waals surface area contributed by atoms with Gasteiger partial charge >= 0.3 is 0 Å². The third-order valence-electron chi connectivity index (χ3n) is 17.4. The predicted octanol–water partition coefficient (Wildman–Crippen LogP) is 9.16. The molecular formula is C70H125NO18. The van der Waals surface area contributed by atoms with Crippen molar-refractivity contribution in [1.29, 1.82) is 0 Å². The van der Waals surface area contributed by atoms with E-state index >= 15 is 0 Å². The molecule has 0 spiro atoms. The van der Waals surface area contributed by atoms with Crippen LogP contribution in [0.4, 0.5) is 0 Å². The van der Waals surface area contributed by atoms with Crippen LogP contribution in [-0.2, 0) is 33.2 Å². The number of unbranched alkanes of at least 4 members (excludes halogenated alkanes) is 27. The topological polar surface area (TPSA) is 307 Å². The van der Waals surface area contributed by atoms with E-state index in [1.165, 1.54) is 128 Å². The Morgan fingerprint density at radius 2 is 0.775 bits per heavy atom. The number of carbonyl (C=O) groups excluding carboxylic acids is 1. The van der Waals surface area contributed by atoms with Crippen molar-refractivity contribution in [2.75, 3.05) is 26.4 Å². The highest BCUT2D eigenvalue weighted by molar-refractivity contribution is 5.76. The summed E-state index contributed by atoms with van der Waals surface area (Å²) >= 11 is 0. The van der Waals surface area contributed by atoms with Crippen LogP contribution in [0.3, 0.4) is 0 Å². The third-order valence-corrected chi connectivity index (χ3v) is 17.4. The average Bonchev–Trinajstić information content (AvgIpc) is 2.42. The van der Waals surface area contributed by atoms with Gasteiger partial charge in [0.05, 0.1) is 38.6 Å². The molecule has 518 valence electrons. The maximum absolute atomic E-state index is 13.4. The van der Waals surface area contributed by atoms with Crippen molar-refractivity contribution in [3.8, 4) is 0 Å². The molecule has 12 N–H and O–H groups in total. The van der Waals surface area contributed by atoms with Crippen LogP contribution in [0.2, 0.25) is 0 Å². The van der Waals surface area contributed by atoms with Gasteiger partial charge in [0.1, 0.15) is 73.2 Å². The molecule has 3 aliphatic heterocycles. The van der Waals surface area contributed by atoms with Gasteiger partial charge in [-0.1, -0.05) is 242 Å². The minimum Gasteiger partial charge on any atom is -0.394 e. The van der Waals surface area contributed by atoms with Crippen LogP contribution in [-0.4, -0.2) is 193 Å². The molecule has 19 nitrogen and oxygen atoms in total. The normalized spacial score (nSPS) is 28.6. The van der Waals surface area contributed by atoms with Gasteiger partial charge in [-0.05, 0) is 57.8 Å². The quantitative estimate of drug-likeness (QED) is 0.0199. The Balaban J connectivity index is 1.39. The lowest BCUT2D eigenvalue weighted by atomic mass is 9.96. The first-order valence-corrected chi connectivity index (χ1v) is 35.0. The standard InChI is InChI=1S/C70H125NO18/c1-3-5-7-9-11-13-15-17-19-20-21-22-23-24-25-26-27-28-29-30-31-32-34-36-38-40-42-44-46-48-58(76)71-53(54(75)47-45-43-41-39-37-35-33-18-16-14-12-10-8-6-4-2)52-84-68-64(82)61(79)66(56(50-73)86-68)89-70-65(83)62(80)67(57(51-74)87-70)88-69-63(81)60(78)59(77)55(49-72)85-69/h5,7,11,13,17,19,21-22,24-25,53-57,59-70,72-75,77-83H,3-4,6,8-10,12,14-16,18,20,23,26-52H2,1-2H3,(H,71,76)/b7-5-,13-11-,19-17-,22-21-,25-24-. The fourth-order valence-corrected chi connectivity index (χ4v) is 11.7. The Hall–Kier alpha value is -2.51. The van der Waals surface area contributed by atoms with Crippen LogP contribution >= 0.6 is 0 Å². The fourth-order valence-electron chi connectivity index (χ4n) is 11.7. The zero-order valence-electron chi connectivity index (χ0n) is 54.6. The van der Waals surface area contributed by atoms with Crippen LogP contribution in [0.15, 0.2) is 60.8 Å². The predicted molar refractivity (Wildman–Crippen MR) is 346 cm³/mol. The minimum absolute atomic E-state index is 0.245. The Kier molecular flexibility index (Phi) is 47.0. The van der Waals surface area contributed by atoms with Crippen molar-refractivity contribution in [2.45, 2.75) is 349 Å². The lowest BCUT2D eigenvalue weighted by Crippen LogP contribution is -2.66. The molecular weight excluding hydrogens is 1140 g/mol. The van der Waals surface area contributed by atoms with E-state index in [4.69, 9.17) is 28.4 Å². The van der Waals surface area contributed by atoms with E-state index in [-0.39, 0.29) is 18.9 Å². The molecule has 0 bridgehead atoms. The highest BCUT2D eigenvalue weighted by atomic mass is 16.8. The Morgan fingerprint density at radius 1 is 0.416 bits per heavy atom. The van der Waals surface area contributed by atoms with Crippen LogP contribution < -0.4 is 5.32 Å². The van der Waals surface area contributed by atoms with Crippen LogP contribution in [0.25, 0.3) is 0 Å². The van der Waals surface area contributed by atoms with Crippen LogP contribution in [0.1, 0.15) is 245 Å². The molecule has 17 atom stereocenters. The number of hydrogen-bond donors (Lipinski definition) is 12. The van der Waals surface area contributed by atoms with Gasteiger partial charge in [0.15, 0.2) is 18.9 Å². The largest absolute Gasteiger partial charge is 0.394 e. The first-order chi connectivity index (χ1) is 43.3. The number of aliphatic hydroxyl groups is 11. The van der Waals surface area contributed by atoms with Gasteiger partial charge in [-0.3, -0.25) is 4.79 Å². The van der Waals surface area contributed by atoms with Crippen molar-refractivity contribution in [3.63, 3.8) is 0 Å². The van der Waals surface area contributed by atoms with Crippen molar-refractivity contribution in [1.82, 2.24) is 5.32 Å². The Bertz CT molecular complexity index is 1850. The molecule has 3 heterocycles. The average molecular weight is 1270 g/mol. The smallest absolute Gasteiger partial charge is 0.220 e. The summed E-state index contributed by atoms with van der Waals surface area (Å²) in [6, 6.07) is -0.890.